The average molecular weight is 319 g/mol. The molecule has 0 unspecified atom stereocenters. The van der Waals surface area contributed by atoms with E-state index in [4.69, 9.17) is 9.47 Å². The van der Waals surface area contributed by atoms with E-state index in [0.29, 0.717) is 19.4 Å². The molecule has 2 heterocycles. The molecule has 1 saturated heterocycles. The summed E-state index contributed by atoms with van der Waals surface area (Å²) in [5, 5.41) is 0. The minimum atomic E-state index is -0.691. The number of allylic oxidation sites excluding steroid dienone is 1. The van der Waals surface area contributed by atoms with Gasteiger partial charge in [-0.05, 0) is 52.0 Å². The van der Waals surface area contributed by atoms with Gasteiger partial charge in [0.05, 0.1) is 6.04 Å². The van der Waals surface area contributed by atoms with Crippen LogP contribution in [-0.4, -0.2) is 40.8 Å². The van der Waals surface area contributed by atoms with E-state index in [1.165, 1.54) is 0 Å². The van der Waals surface area contributed by atoms with Crippen molar-refractivity contribution in [1.29, 1.82) is 0 Å². The third-order valence-electron chi connectivity index (χ3n) is 4.71. The van der Waals surface area contributed by atoms with Crippen LogP contribution in [0.5, 0.6) is 0 Å². The van der Waals surface area contributed by atoms with E-state index < -0.39 is 11.2 Å². The smallest absolute Gasteiger partial charge is 0.410 e. The highest BCUT2D eigenvalue weighted by Crippen LogP contribution is 2.44. The van der Waals surface area contributed by atoms with E-state index in [9.17, 15) is 9.59 Å². The van der Waals surface area contributed by atoms with E-state index >= 15 is 0 Å². The molecule has 1 amide bonds. The molecule has 5 nitrogen and oxygen atoms in total. The molecule has 1 aliphatic carbocycles. The van der Waals surface area contributed by atoms with Crippen LogP contribution in [-0.2, 0) is 14.3 Å². The Morgan fingerprint density at radius 2 is 2.13 bits per heavy atom. The molecule has 2 aliphatic heterocycles. The van der Waals surface area contributed by atoms with Crippen molar-refractivity contribution >= 4 is 12.1 Å². The van der Waals surface area contributed by atoms with Crippen LogP contribution in [0.2, 0.25) is 0 Å². The summed E-state index contributed by atoms with van der Waals surface area (Å²) in [5.74, 6) is -0.293. The van der Waals surface area contributed by atoms with Gasteiger partial charge < -0.3 is 14.4 Å². The van der Waals surface area contributed by atoms with Crippen molar-refractivity contribution < 1.29 is 19.1 Å². The van der Waals surface area contributed by atoms with Crippen LogP contribution in [0, 0.1) is 0 Å². The average Bonchev–Trinajstić information content (AvgIpc) is 2.82. The Hall–Kier alpha value is -1.78. The first kappa shape index (κ1) is 16.1. The molecule has 23 heavy (non-hydrogen) atoms. The summed E-state index contributed by atoms with van der Waals surface area (Å²) < 4.78 is 11.3. The van der Waals surface area contributed by atoms with Gasteiger partial charge >= 0.3 is 12.1 Å². The molecule has 0 aromatic rings. The standard InChI is InChI=1S/C18H25NO4/c1-17(2,3)23-16(21)19-11-7-5-9-14(19)18-10-6-4-8-13(18)12-15(20)22-18/h4,6,12,14H,5,7-11H2,1-3H3/t14-,18-/m1/s1. The number of carbonyl (C=O) groups excluding carboxylic acids is 2. The van der Waals surface area contributed by atoms with Crippen molar-refractivity contribution in [3.8, 4) is 0 Å². The van der Waals surface area contributed by atoms with Crippen LogP contribution >= 0.6 is 0 Å². The fourth-order valence-corrected chi connectivity index (χ4v) is 3.79. The summed E-state index contributed by atoms with van der Waals surface area (Å²) in [4.78, 5) is 26.3. The van der Waals surface area contributed by atoms with E-state index in [2.05, 4.69) is 12.2 Å². The molecule has 0 aromatic carbocycles. The second-order valence-electron chi connectivity index (χ2n) is 7.55. The third kappa shape index (κ3) is 3.01. The highest BCUT2D eigenvalue weighted by molar-refractivity contribution is 5.87. The second kappa shape index (κ2) is 5.69. The van der Waals surface area contributed by atoms with Gasteiger partial charge in [-0.25, -0.2) is 9.59 Å². The van der Waals surface area contributed by atoms with Gasteiger partial charge in [0.15, 0.2) is 5.60 Å². The maximum absolute atomic E-state index is 12.7. The van der Waals surface area contributed by atoms with Crippen LogP contribution in [0.25, 0.3) is 0 Å². The first-order chi connectivity index (χ1) is 10.8. The monoisotopic (exact) mass is 319 g/mol. The Kier molecular flexibility index (Phi) is 3.98. The summed E-state index contributed by atoms with van der Waals surface area (Å²) in [6.07, 6.45) is 9.56. The number of fused-ring (bicyclic) bond motifs is 1. The molecule has 2 atom stereocenters. The second-order valence-corrected chi connectivity index (χ2v) is 7.55. The van der Waals surface area contributed by atoms with Crippen LogP contribution in [0.1, 0.15) is 52.9 Å². The number of ether oxygens (including phenoxy) is 2. The third-order valence-corrected chi connectivity index (χ3v) is 4.71. The topological polar surface area (TPSA) is 55.8 Å². The van der Waals surface area contributed by atoms with Crippen molar-refractivity contribution in [3.63, 3.8) is 0 Å². The number of hydrogen-bond donors (Lipinski definition) is 0. The highest BCUT2D eigenvalue weighted by atomic mass is 16.6. The van der Waals surface area contributed by atoms with E-state index in [1.807, 2.05) is 20.8 Å². The van der Waals surface area contributed by atoms with E-state index in [-0.39, 0.29) is 18.1 Å². The van der Waals surface area contributed by atoms with E-state index in [0.717, 1.165) is 24.8 Å². The van der Waals surface area contributed by atoms with Crippen molar-refractivity contribution in [1.82, 2.24) is 4.90 Å². The van der Waals surface area contributed by atoms with Gasteiger partial charge in [-0.2, -0.15) is 0 Å². The molecule has 126 valence electrons. The van der Waals surface area contributed by atoms with Gasteiger partial charge in [-0.1, -0.05) is 12.2 Å². The summed E-state index contributed by atoms with van der Waals surface area (Å²) in [6.45, 7) is 6.25. The predicted octanol–water partition coefficient (Wildman–Crippen LogP) is 3.35. The number of piperidine rings is 1. The fraction of sp³-hybridized carbons (Fsp3) is 0.667. The lowest BCUT2D eigenvalue weighted by molar-refractivity contribution is -0.153. The Bertz CT molecular complexity index is 572. The Labute approximate surface area is 137 Å². The molecule has 0 saturated carbocycles. The largest absolute Gasteiger partial charge is 0.449 e. The minimum absolute atomic E-state index is 0.145. The summed E-state index contributed by atoms with van der Waals surface area (Å²) in [6, 6.07) is -0.145. The molecule has 3 aliphatic rings. The van der Waals surface area contributed by atoms with Gasteiger partial charge in [0, 0.05) is 19.0 Å². The molecule has 0 radical (unpaired) electrons. The lowest BCUT2D eigenvalue weighted by Crippen LogP contribution is -2.58. The zero-order valence-corrected chi connectivity index (χ0v) is 14.1. The number of rotatable bonds is 1. The number of likely N-dealkylation sites (tertiary alicyclic amines) is 1. The molecular weight excluding hydrogens is 294 g/mol. The van der Waals surface area contributed by atoms with Crippen molar-refractivity contribution in [3.05, 3.63) is 23.8 Å². The first-order valence-electron chi connectivity index (χ1n) is 8.40. The summed E-state index contributed by atoms with van der Waals surface area (Å²) >= 11 is 0. The normalized spacial score (nSPS) is 30.6. The predicted molar refractivity (Wildman–Crippen MR) is 85.9 cm³/mol. The molecule has 3 rings (SSSR count). The fourth-order valence-electron chi connectivity index (χ4n) is 3.79. The molecule has 0 aromatic heterocycles. The van der Waals surface area contributed by atoms with Gasteiger partial charge in [0.25, 0.3) is 0 Å². The minimum Gasteiger partial charge on any atom is -0.449 e. The lowest BCUT2D eigenvalue weighted by Gasteiger charge is -2.47. The lowest BCUT2D eigenvalue weighted by atomic mass is 9.75. The molecule has 0 N–H and O–H groups in total. The van der Waals surface area contributed by atoms with E-state index in [1.54, 1.807) is 11.0 Å². The van der Waals surface area contributed by atoms with Gasteiger partial charge in [-0.3, -0.25) is 0 Å². The number of hydrogen-bond acceptors (Lipinski definition) is 4. The van der Waals surface area contributed by atoms with Crippen LogP contribution < -0.4 is 0 Å². The zero-order chi connectivity index (χ0) is 16.7. The summed E-state index contributed by atoms with van der Waals surface area (Å²) in [5.41, 5.74) is -0.234. The van der Waals surface area contributed by atoms with Gasteiger partial charge in [0.1, 0.15) is 5.60 Å². The Balaban J connectivity index is 1.89. The van der Waals surface area contributed by atoms with Crippen LogP contribution in [0.3, 0.4) is 0 Å². The molecule has 0 spiro atoms. The maximum Gasteiger partial charge on any atom is 0.410 e. The van der Waals surface area contributed by atoms with Crippen molar-refractivity contribution in [2.75, 3.05) is 6.54 Å². The summed E-state index contributed by atoms with van der Waals surface area (Å²) in [7, 11) is 0. The number of amides is 1. The van der Waals surface area contributed by atoms with Crippen LogP contribution in [0.15, 0.2) is 23.8 Å². The molecular formula is C18H25NO4. The molecule has 0 bridgehead atoms. The highest BCUT2D eigenvalue weighted by Gasteiger charge is 2.53. The van der Waals surface area contributed by atoms with Crippen molar-refractivity contribution in [2.24, 2.45) is 0 Å². The van der Waals surface area contributed by atoms with Crippen molar-refractivity contribution in [2.45, 2.75) is 70.1 Å². The van der Waals surface area contributed by atoms with Crippen LogP contribution in [0.4, 0.5) is 4.79 Å². The molecule has 1 fully saturated rings. The quantitative estimate of drug-likeness (QED) is 0.549. The first-order valence-corrected chi connectivity index (χ1v) is 8.40. The van der Waals surface area contributed by atoms with Gasteiger partial charge in [0.2, 0.25) is 0 Å². The van der Waals surface area contributed by atoms with Gasteiger partial charge in [-0.15, -0.1) is 0 Å². The Morgan fingerprint density at radius 3 is 2.87 bits per heavy atom. The Morgan fingerprint density at radius 1 is 1.35 bits per heavy atom. The number of nitrogens with zero attached hydrogens (tertiary/aromatic N) is 1. The SMILES string of the molecule is CC(C)(C)OC(=O)N1CCCC[C@@H]1[C@@]12CC=CCC1=CC(=O)O2. The number of carbonyl (C=O) groups is 2. The number of esters is 1. The maximum atomic E-state index is 12.7. The molecule has 5 heteroatoms. The zero-order valence-electron chi connectivity index (χ0n) is 14.1.